The molecule has 1 saturated heterocycles. The molecule has 1 N–H and O–H groups in total. The largest absolute Gasteiger partial charge is 0.508 e. The van der Waals surface area contributed by atoms with E-state index in [0.717, 1.165) is 41.4 Å². The number of anilines is 1. The van der Waals surface area contributed by atoms with Crippen LogP contribution in [0.4, 0.5) is 10.1 Å². The summed E-state index contributed by atoms with van der Waals surface area (Å²) in [6.45, 7) is 1.76. The zero-order chi connectivity index (χ0) is 22.1. The highest BCUT2D eigenvalue weighted by molar-refractivity contribution is 5.56. The molecule has 0 bridgehead atoms. The Morgan fingerprint density at radius 3 is 2.47 bits per heavy atom. The Balaban J connectivity index is 1.52. The quantitative estimate of drug-likeness (QED) is 0.566. The number of carbonyl (C=O) groups excluding carboxylic acids is 1. The van der Waals surface area contributed by atoms with Gasteiger partial charge in [-0.3, -0.25) is 0 Å². The first-order chi connectivity index (χ1) is 15.6. The Labute approximate surface area is 187 Å². The Hall–Kier alpha value is -3.18. The van der Waals surface area contributed by atoms with Crippen molar-refractivity contribution < 1.29 is 19.0 Å². The second kappa shape index (κ2) is 8.75. The van der Waals surface area contributed by atoms with Crippen LogP contribution in [0.3, 0.4) is 0 Å². The molecule has 0 amide bonds. The van der Waals surface area contributed by atoms with E-state index in [1.807, 2.05) is 53.4 Å². The van der Waals surface area contributed by atoms with Crippen LogP contribution in [-0.4, -0.2) is 24.5 Å². The van der Waals surface area contributed by atoms with Gasteiger partial charge in [-0.2, -0.15) is 0 Å². The normalized spacial score (nSPS) is 21.2. The number of hydrogen-bond acceptors (Lipinski definition) is 4. The van der Waals surface area contributed by atoms with Gasteiger partial charge in [0.25, 0.3) is 0 Å². The maximum absolute atomic E-state index is 15.3. The second-order valence-electron chi connectivity index (χ2n) is 8.67. The third-order valence-electron chi connectivity index (χ3n) is 6.71. The lowest BCUT2D eigenvalue weighted by molar-refractivity contribution is -0.111. The van der Waals surface area contributed by atoms with Crippen molar-refractivity contribution in [3.8, 4) is 5.75 Å². The van der Waals surface area contributed by atoms with Crippen LogP contribution in [0.1, 0.15) is 47.1 Å². The second-order valence-corrected chi connectivity index (χ2v) is 8.67. The van der Waals surface area contributed by atoms with Crippen molar-refractivity contribution in [3.05, 3.63) is 94.8 Å². The van der Waals surface area contributed by atoms with Gasteiger partial charge in [0.2, 0.25) is 0 Å². The summed E-state index contributed by atoms with van der Waals surface area (Å²) in [6, 6.07) is 20.8. The first-order valence-electron chi connectivity index (χ1n) is 11.1. The van der Waals surface area contributed by atoms with Crippen LogP contribution in [0.5, 0.6) is 5.75 Å². The number of phenols is 1. The summed E-state index contributed by atoms with van der Waals surface area (Å²) in [7, 11) is 0. The molecule has 2 atom stereocenters. The lowest BCUT2D eigenvalue weighted by Crippen LogP contribution is -2.34. The minimum absolute atomic E-state index is 0.0764. The molecule has 0 aliphatic carbocycles. The molecule has 0 radical (unpaired) electrons. The average molecular weight is 432 g/mol. The van der Waals surface area contributed by atoms with Gasteiger partial charge in [-0.1, -0.05) is 42.5 Å². The van der Waals surface area contributed by atoms with Crippen LogP contribution in [-0.2, 0) is 16.1 Å². The predicted octanol–water partition coefficient (Wildman–Crippen LogP) is 5.35. The molecule has 2 aliphatic heterocycles. The van der Waals surface area contributed by atoms with Crippen LogP contribution < -0.4 is 4.90 Å². The number of fused-ring (bicyclic) bond motifs is 1. The number of aldehydes is 1. The van der Waals surface area contributed by atoms with Crippen LogP contribution in [0, 0.1) is 11.7 Å². The zero-order valence-corrected chi connectivity index (χ0v) is 17.8. The monoisotopic (exact) mass is 431 g/mol. The summed E-state index contributed by atoms with van der Waals surface area (Å²) in [5, 5.41) is 9.95. The molecule has 0 aromatic heterocycles. The lowest BCUT2D eigenvalue weighted by atomic mass is 9.79. The van der Waals surface area contributed by atoms with E-state index in [4.69, 9.17) is 4.74 Å². The highest BCUT2D eigenvalue weighted by atomic mass is 19.1. The third kappa shape index (κ3) is 3.89. The molecular weight excluding hydrogens is 405 g/mol. The molecule has 5 heteroatoms. The van der Waals surface area contributed by atoms with Crippen LogP contribution in [0.25, 0.3) is 0 Å². The maximum atomic E-state index is 15.3. The minimum Gasteiger partial charge on any atom is -0.508 e. The van der Waals surface area contributed by atoms with Crippen molar-refractivity contribution in [2.75, 3.05) is 18.0 Å². The molecule has 2 heterocycles. The van der Waals surface area contributed by atoms with Crippen LogP contribution in [0.15, 0.2) is 66.7 Å². The molecule has 0 unspecified atom stereocenters. The van der Waals surface area contributed by atoms with Crippen LogP contribution in [0.2, 0.25) is 0 Å². The number of piperidine rings is 1. The van der Waals surface area contributed by atoms with E-state index < -0.39 is 0 Å². The first kappa shape index (κ1) is 20.7. The molecule has 3 aromatic carbocycles. The van der Waals surface area contributed by atoms with Gasteiger partial charge in [-0.15, -0.1) is 0 Å². The van der Waals surface area contributed by atoms with E-state index in [-0.39, 0.29) is 29.5 Å². The topological polar surface area (TPSA) is 49.8 Å². The van der Waals surface area contributed by atoms with Crippen molar-refractivity contribution >= 4 is 12.0 Å². The number of phenolic OH excluding ortho intramolecular Hbond substituents is 1. The number of carbonyl (C=O) groups is 1. The van der Waals surface area contributed by atoms with Crippen molar-refractivity contribution in [1.82, 2.24) is 0 Å². The number of benzene rings is 3. The van der Waals surface area contributed by atoms with Gasteiger partial charge in [-0.25, -0.2) is 4.39 Å². The lowest BCUT2D eigenvalue weighted by Gasteiger charge is -2.35. The fourth-order valence-corrected chi connectivity index (χ4v) is 4.99. The number of nitrogens with zero attached hydrogens (tertiary/aromatic N) is 1. The molecule has 2 aliphatic rings. The summed E-state index contributed by atoms with van der Waals surface area (Å²) < 4.78 is 21.6. The van der Waals surface area contributed by atoms with Gasteiger partial charge in [-0.05, 0) is 59.4 Å². The number of hydrogen-bond donors (Lipinski definition) is 1. The molecule has 4 nitrogen and oxygen atoms in total. The van der Waals surface area contributed by atoms with E-state index in [0.29, 0.717) is 25.4 Å². The number of aromatic hydroxyl groups is 1. The zero-order valence-electron chi connectivity index (χ0n) is 17.8. The van der Waals surface area contributed by atoms with E-state index in [1.54, 1.807) is 18.2 Å². The Bertz CT molecular complexity index is 1110. The molecule has 32 heavy (non-hydrogen) atoms. The SMILES string of the molecule is O=CC1CCN(c2ccc([C@H]3c4ccc(O)cc4CO[C@H]3c3ccccc3)cc2F)CC1. The molecular formula is C27H26FNO3. The summed E-state index contributed by atoms with van der Waals surface area (Å²) in [4.78, 5) is 13.1. The smallest absolute Gasteiger partial charge is 0.146 e. The van der Waals surface area contributed by atoms with Crippen LogP contribution >= 0.6 is 0 Å². The van der Waals surface area contributed by atoms with E-state index in [1.165, 1.54) is 0 Å². The predicted molar refractivity (Wildman–Crippen MR) is 121 cm³/mol. The fourth-order valence-electron chi connectivity index (χ4n) is 4.99. The summed E-state index contributed by atoms with van der Waals surface area (Å²) in [5.74, 6) is -0.173. The maximum Gasteiger partial charge on any atom is 0.146 e. The van der Waals surface area contributed by atoms with Gasteiger partial charge in [0, 0.05) is 24.9 Å². The Morgan fingerprint density at radius 2 is 1.75 bits per heavy atom. The van der Waals surface area contributed by atoms with Crippen molar-refractivity contribution in [3.63, 3.8) is 0 Å². The molecule has 1 fully saturated rings. The molecule has 0 spiro atoms. The standard InChI is InChI=1S/C27H26FNO3/c28-24-15-20(6-9-25(24)29-12-10-18(16-30)11-13-29)26-23-8-7-22(31)14-21(23)17-32-27(26)19-4-2-1-3-5-19/h1-9,14-16,18,26-27,31H,10-13,17H2/t26-,27-/m0/s1. The summed E-state index contributed by atoms with van der Waals surface area (Å²) in [5.41, 5.74) is 4.42. The number of rotatable bonds is 4. The van der Waals surface area contributed by atoms with Gasteiger partial charge < -0.3 is 19.5 Å². The van der Waals surface area contributed by atoms with E-state index in [9.17, 15) is 9.90 Å². The molecule has 0 saturated carbocycles. The Kier molecular flexibility index (Phi) is 5.66. The highest BCUT2D eigenvalue weighted by Gasteiger charge is 2.34. The minimum atomic E-state index is -0.259. The number of halogens is 1. The van der Waals surface area contributed by atoms with Crippen molar-refractivity contribution in [2.24, 2.45) is 5.92 Å². The van der Waals surface area contributed by atoms with Crippen molar-refractivity contribution in [1.29, 1.82) is 0 Å². The van der Waals surface area contributed by atoms with E-state index >= 15 is 4.39 Å². The molecule has 3 aromatic rings. The van der Waals surface area contributed by atoms with Gasteiger partial charge in [0.15, 0.2) is 0 Å². The molecule has 5 rings (SSSR count). The average Bonchev–Trinajstić information content (AvgIpc) is 2.84. The van der Waals surface area contributed by atoms with Crippen molar-refractivity contribution in [2.45, 2.75) is 31.5 Å². The van der Waals surface area contributed by atoms with Gasteiger partial charge in [0.05, 0.1) is 18.4 Å². The summed E-state index contributed by atoms with van der Waals surface area (Å²) in [6.07, 6.45) is 2.28. The van der Waals surface area contributed by atoms with Gasteiger partial charge >= 0.3 is 0 Å². The van der Waals surface area contributed by atoms with E-state index in [2.05, 4.69) is 0 Å². The fraction of sp³-hybridized carbons (Fsp3) is 0.296. The van der Waals surface area contributed by atoms with Gasteiger partial charge in [0.1, 0.15) is 17.9 Å². The Morgan fingerprint density at radius 1 is 0.969 bits per heavy atom. The third-order valence-corrected chi connectivity index (χ3v) is 6.71. The first-order valence-corrected chi connectivity index (χ1v) is 11.1. The number of ether oxygens (including phenoxy) is 1. The molecule has 164 valence electrons. The highest BCUT2D eigenvalue weighted by Crippen LogP contribution is 2.46. The summed E-state index contributed by atoms with van der Waals surface area (Å²) >= 11 is 0.